The van der Waals surface area contributed by atoms with Crippen LogP contribution in [-0.4, -0.2) is 42.9 Å². The fourth-order valence-corrected chi connectivity index (χ4v) is 0.904. The molecule has 0 unspecified atom stereocenters. The third-order valence-electron chi connectivity index (χ3n) is 1.65. The Hall–Kier alpha value is -0.850. The molecule has 2 atom stereocenters. The molecule has 0 aromatic carbocycles. The Morgan fingerprint density at radius 1 is 1.44 bits per heavy atom. The van der Waals surface area contributed by atoms with Crippen molar-refractivity contribution < 1.29 is 19.4 Å². The van der Waals surface area contributed by atoms with Crippen LogP contribution in [-0.2, 0) is 9.47 Å². The van der Waals surface area contributed by atoms with Crippen LogP contribution in [0.3, 0.4) is 0 Å². The van der Waals surface area contributed by atoms with Crippen LogP contribution in [0.25, 0.3) is 0 Å². The SMILES string of the molecule is COCN[C@@H](O)[C@H](C)OC(=O)NC(C)(C)C. The molecule has 0 heterocycles. The topological polar surface area (TPSA) is 79.8 Å². The van der Waals surface area contributed by atoms with E-state index in [1.807, 2.05) is 20.8 Å². The molecular formula is C10H22N2O4. The van der Waals surface area contributed by atoms with Crippen LogP contribution < -0.4 is 10.6 Å². The van der Waals surface area contributed by atoms with Crippen molar-refractivity contribution in [2.75, 3.05) is 13.8 Å². The number of hydrogen-bond donors (Lipinski definition) is 3. The highest BCUT2D eigenvalue weighted by atomic mass is 16.6. The number of alkyl carbamates (subject to hydrolysis) is 1. The molecule has 0 spiro atoms. The van der Waals surface area contributed by atoms with E-state index in [2.05, 4.69) is 10.6 Å². The number of amides is 1. The van der Waals surface area contributed by atoms with Gasteiger partial charge in [0.2, 0.25) is 0 Å². The molecule has 6 nitrogen and oxygen atoms in total. The fourth-order valence-electron chi connectivity index (χ4n) is 0.904. The number of carbonyl (C=O) groups excluding carboxylic acids is 1. The lowest BCUT2D eigenvalue weighted by Gasteiger charge is -2.24. The van der Waals surface area contributed by atoms with Gasteiger partial charge < -0.3 is 19.9 Å². The standard InChI is InChI=1S/C10H22N2O4/c1-7(8(13)11-6-15-5)16-9(14)12-10(2,3)4/h7-8,11,13H,6H2,1-5H3,(H,12,14)/t7-,8-/m0/s1. The minimum atomic E-state index is -0.953. The third-order valence-corrected chi connectivity index (χ3v) is 1.65. The second-order valence-electron chi connectivity index (χ2n) is 4.57. The number of rotatable bonds is 5. The Kier molecular flexibility index (Phi) is 6.32. The Morgan fingerprint density at radius 3 is 2.44 bits per heavy atom. The van der Waals surface area contributed by atoms with E-state index in [9.17, 15) is 9.90 Å². The van der Waals surface area contributed by atoms with E-state index in [1.54, 1.807) is 6.92 Å². The van der Waals surface area contributed by atoms with Crippen LogP contribution in [0.15, 0.2) is 0 Å². The molecule has 16 heavy (non-hydrogen) atoms. The monoisotopic (exact) mass is 234 g/mol. The van der Waals surface area contributed by atoms with Crippen molar-refractivity contribution in [2.24, 2.45) is 0 Å². The van der Waals surface area contributed by atoms with Crippen molar-refractivity contribution in [2.45, 2.75) is 45.6 Å². The third kappa shape index (κ3) is 7.44. The van der Waals surface area contributed by atoms with Crippen LogP contribution in [0.4, 0.5) is 4.79 Å². The maximum atomic E-state index is 11.3. The summed E-state index contributed by atoms with van der Waals surface area (Å²) in [6.45, 7) is 7.32. The molecule has 0 aromatic heterocycles. The fraction of sp³-hybridized carbons (Fsp3) is 0.900. The number of ether oxygens (including phenoxy) is 2. The maximum absolute atomic E-state index is 11.3. The Labute approximate surface area is 96.3 Å². The summed E-state index contributed by atoms with van der Waals surface area (Å²) in [5.74, 6) is 0. The van der Waals surface area contributed by atoms with Gasteiger partial charge in [-0.2, -0.15) is 0 Å². The van der Waals surface area contributed by atoms with E-state index in [1.165, 1.54) is 7.11 Å². The number of aliphatic hydroxyl groups is 1. The molecule has 6 heteroatoms. The molecule has 1 amide bonds. The summed E-state index contributed by atoms with van der Waals surface area (Å²) in [5.41, 5.74) is -0.359. The van der Waals surface area contributed by atoms with Gasteiger partial charge in [0.25, 0.3) is 0 Å². The number of carbonyl (C=O) groups is 1. The van der Waals surface area contributed by atoms with Crippen LogP contribution in [0.2, 0.25) is 0 Å². The maximum Gasteiger partial charge on any atom is 0.407 e. The first-order chi connectivity index (χ1) is 7.26. The van der Waals surface area contributed by atoms with Gasteiger partial charge in [-0.3, -0.25) is 5.32 Å². The van der Waals surface area contributed by atoms with Gasteiger partial charge in [0, 0.05) is 12.6 Å². The van der Waals surface area contributed by atoms with Crippen molar-refractivity contribution in [3.8, 4) is 0 Å². The number of methoxy groups -OCH3 is 1. The average molecular weight is 234 g/mol. The average Bonchev–Trinajstić information content (AvgIpc) is 2.10. The van der Waals surface area contributed by atoms with Crippen LogP contribution in [0, 0.1) is 0 Å². The van der Waals surface area contributed by atoms with Crippen molar-refractivity contribution in [1.82, 2.24) is 10.6 Å². The zero-order chi connectivity index (χ0) is 12.8. The van der Waals surface area contributed by atoms with Crippen molar-refractivity contribution in [3.63, 3.8) is 0 Å². The lowest BCUT2D eigenvalue weighted by Crippen LogP contribution is -2.46. The van der Waals surface area contributed by atoms with Crippen LogP contribution in [0.5, 0.6) is 0 Å². The Morgan fingerprint density at radius 2 is 2.00 bits per heavy atom. The first-order valence-electron chi connectivity index (χ1n) is 5.15. The highest BCUT2D eigenvalue weighted by Crippen LogP contribution is 2.02. The van der Waals surface area contributed by atoms with Gasteiger partial charge in [0.05, 0.1) is 6.73 Å². The summed E-state index contributed by atoms with van der Waals surface area (Å²) in [6.07, 6.45) is -2.17. The Bertz CT molecular complexity index is 215. The molecule has 0 bridgehead atoms. The van der Waals surface area contributed by atoms with E-state index in [-0.39, 0.29) is 12.3 Å². The lowest BCUT2D eigenvalue weighted by atomic mass is 10.1. The molecule has 0 aliphatic rings. The molecule has 0 rings (SSSR count). The lowest BCUT2D eigenvalue weighted by molar-refractivity contribution is -0.0229. The number of aliphatic hydroxyl groups excluding tert-OH is 1. The predicted molar refractivity (Wildman–Crippen MR) is 59.9 cm³/mol. The number of hydrogen-bond acceptors (Lipinski definition) is 5. The van der Waals surface area contributed by atoms with Crippen LogP contribution in [0.1, 0.15) is 27.7 Å². The molecule has 3 N–H and O–H groups in total. The van der Waals surface area contributed by atoms with Crippen molar-refractivity contribution >= 4 is 6.09 Å². The minimum absolute atomic E-state index is 0.190. The van der Waals surface area contributed by atoms with Gasteiger partial charge in [-0.25, -0.2) is 4.79 Å². The first kappa shape index (κ1) is 15.2. The van der Waals surface area contributed by atoms with Gasteiger partial charge in [-0.05, 0) is 27.7 Å². The van der Waals surface area contributed by atoms with E-state index in [4.69, 9.17) is 9.47 Å². The largest absolute Gasteiger partial charge is 0.442 e. The molecule has 0 radical (unpaired) electrons. The predicted octanol–water partition coefficient (Wildman–Crippen LogP) is 0.411. The molecule has 0 aliphatic heterocycles. The smallest absolute Gasteiger partial charge is 0.407 e. The van der Waals surface area contributed by atoms with Crippen LogP contribution >= 0.6 is 0 Å². The zero-order valence-electron chi connectivity index (χ0n) is 10.5. The summed E-state index contributed by atoms with van der Waals surface area (Å²) < 4.78 is 9.69. The van der Waals surface area contributed by atoms with Gasteiger partial charge in [-0.1, -0.05) is 0 Å². The molecule has 0 fully saturated rings. The molecule has 0 aromatic rings. The first-order valence-corrected chi connectivity index (χ1v) is 5.15. The van der Waals surface area contributed by atoms with E-state index in [0.29, 0.717) is 0 Å². The van der Waals surface area contributed by atoms with Gasteiger partial charge in [0.1, 0.15) is 12.3 Å². The van der Waals surface area contributed by atoms with E-state index >= 15 is 0 Å². The summed E-state index contributed by atoms with van der Waals surface area (Å²) in [4.78, 5) is 11.3. The van der Waals surface area contributed by atoms with Crippen molar-refractivity contribution in [1.29, 1.82) is 0 Å². The minimum Gasteiger partial charge on any atom is -0.442 e. The second-order valence-corrected chi connectivity index (χ2v) is 4.57. The summed E-state index contributed by atoms with van der Waals surface area (Å²) in [7, 11) is 1.50. The quantitative estimate of drug-likeness (QED) is 0.600. The highest BCUT2D eigenvalue weighted by Gasteiger charge is 2.20. The zero-order valence-corrected chi connectivity index (χ0v) is 10.5. The molecule has 0 aliphatic carbocycles. The summed E-state index contributed by atoms with van der Waals surface area (Å²) in [5, 5.41) is 14.8. The van der Waals surface area contributed by atoms with E-state index < -0.39 is 18.4 Å². The van der Waals surface area contributed by atoms with Crippen molar-refractivity contribution in [3.05, 3.63) is 0 Å². The Balaban J connectivity index is 3.94. The number of nitrogens with one attached hydrogen (secondary N) is 2. The van der Waals surface area contributed by atoms with Gasteiger partial charge in [-0.15, -0.1) is 0 Å². The molecule has 96 valence electrons. The summed E-state index contributed by atoms with van der Waals surface area (Å²) >= 11 is 0. The van der Waals surface area contributed by atoms with E-state index in [0.717, 1.165) is 0 Å². The summed E-state index contributed by atoms with van der Waals surface area (Å²) in [6, 6.07) is 0. The molecule has 0 saturated heterocycles. The second kappa shape index (κ2) is 6.67. The molecular weight excluding hydrogens is 212 g/mol. The van der Waals surface area contributed by atoms with Gasteiger partial charge in [0.15, 0.2) is 0 Å². The normalized spacial score (nSPS) is 15.4. The van der Waals surface area contributed by atoms with Gasteiger partial charge >= 0.3 is 6.09 Å². The molecule has 0 saturated carbocycles. The highest BCUT2D eigenvalue weighted by molar-refractivity contribution is 5.68.